The summed E-state index contributed by atoms with van der Waals surface area (Å²) in [5.41, 5.74) is 6.62. The lowest BCUT2D eigenvalue weighted by Gasteiger charge is -2.29. The molecule has 2 aromatic carbocycles. The third-order valence-corrected chi connectivity index (χ3v) is 5.49. The Morgan fingerprint density at radius 3 is 2.23 bits per heavy atom. The zero-order valence-corrected chi connectivity index (χ0v) is 17.5. The monoisotopic (exact) mass is 411 g/mol. The fourth-order valence-corrected chi connectivity index (χ4v) is 3.61. The number of aryl methyl sites for hydroxylation is 1. The molecule has 0 aliphatic carbocycles. The van der Waals surface area contributed by atoms with Crippen LogP contribution in [0.2, 0.25) is 0 Å². The Morgan fingerprint density at radius 2 is 1.63 bits per heavy atom. The molecule has 158 valence electrons. The molecule has 0 radical (unpaired) electrons. The topological polar surface area (TPSA) is 93.5 Å². The molecule has 0 saturated carbocycles. The highest BCUT2D eigenvalue weighted by atomic mass is 16.6. The van der Waals surface area contributed by atoms with E-state index in [2.05, 4.69) is 41.7 Å². The van der Waals surface area contributed by atoms with E-state index in [0.29, 0.717) is 12.3 Å². The van der Waals surface area contributed by atoms with E-state index in [4.69, 9.17) is 0 Å². The molecule has 1 aliphatic rings. The Bertz CT molecular complexity index is 901. The van der Waals surface area contributed by atoms with E-state index in [1.807, 2.05) is 0 Å². The first-order chi connectivity index (χ1) is 14.4. The molecule has 0 bridgehead atoms. The summed E-state index contributed by atoms with van der Waals surface area (Å²) in [6.07, 6.45) is 0. The molecule has 1 saturated heterocycles. The summed E-state index contributed by atoms with van der Waals surface area (Å²) in [5, 5.41) is 14.9. The van der Waals surface area contributed by atoms with Gasteiger partial charge in [-0.15, -0.1) is 0 Å². The highest BCUT2D eigenvalue weighted by Crippen LogP contribution is 2.12. The largest absolute Gasteiger partial charge is 0.322 e. The maximum Gasteiger partial charge on any atom is 0.295 e. The minimum Gasteiger partial charge on any atom is -0.322 e. The third kappa shape index (κ3) is 6.20. The van der Waals surface area contributed by atoms with Crippen molar-refractivity contribution in [2.24, 2.45) is 5.10 Å². The number of rotatable bonds is 7. The summed E-state index contributed by atoms with van der Waals surface area (Å²) in [6.45, 7) is 9.29. The third-order valence-electron chi connectivity index (χ3n) is 5.49. The Hall–Kier alpha value is -3.10. The van der Waals surface area contributed by atoms with Crippen LogP contribution in [0.25, 0.3) is 0 Å². The average molecular weight is 412 g/mol. The Balaban J connectivity index is 1.42. The van der Waals surface area contributed by atoms with Crippen LogP contribution in [0.5, 0.6) is 0 Å². The molecule has 3 rings (SSSR count). The van der Waals surface area contributed by atoms with Crippen molar-refractivity contribution in [1.82, 2.24) is 5.43 Å². The molecule has 1 amide bonds. The number of benzene rings is 2. The lowest BCUT2D eigenvalue weighted by molar-refractivity contribution is -1.02. The summed E-state index contributed by atoms with van der Waals surface area (Å²) in [4.78, 5) is 25.4. The van der Waals surface area contributed by atoms with Crippen LogP contribution in [0.3, 0.4) is 0 Å². The highest BCUT2D eigenvalue weighted by molar-refractivity contribution is 5.99. The van der Waals surface area contributed by atoms with Gasteiger partial charge >= 0.3 is 0 Å². The van der Waals surface area contributed by atoms with Gasteiger partial charge in [-0.25, -0.2) is 5.43 Å². The number of carbonyl (C=O) groups excluding carboxylic acids is 1. The van der Waals surface area contributed by atoms with Gasteiger partial charge < -0.3 is 9.80 Å². The van der Waals surface area contributed by atoms with Crippen molar-refractivity contribution < 1.29 is 19.5 Å². The first-order valence-corrected chi connectivity index (χ1v) is 10.2. The molecular formula is C22H29N5O3+2. The molecule has 1 heterocycles. The normalized spacial score (nSPS) is 19.3. The molecular weight excluding hydrogens is 382 g/mol. The second-order valence-electron chi connectivity index (χ2n) is 7.88. The van der Waals surface area contributed by atoms with E-state index < -0.39 is 4.92 Å². The molecule has 1 fully saturated rings. The lowest BCUT2D eigenvalue weighted by atomic mass is 10.1. The number of nitrogens with zero attached hydrogens (tertiary/aromatic N) is 2. The molecule has 3 N–H and O–H groups in total. The fourth-order valence-electron chi connectivity index (χ4n) is 3.61. The number of nitro groups is 1. The first kappa shape index (κ1) is 21.6. The van der Waals surface area contributed by atoms with Crippen LogP contribution < -0.4 is 15.2 Å². The molecule has 2 aromatic rings. The van der Waals surface area contributed by atoms with Gasteiger partial charge in [-0.2, -0.15) is 5.10 Å². The van der Waals surface area contributed by atoms with E-state index in [1.54, 1.807) is 24.0 Å². The molecule has 30 heavy (non-hydrogen) atoms. The number of piperazine rings is 1. The summed E-state index contributed by atoms with van der Waals surface area (Å²) >= 11 is 0. The van der Waals surface area contributed by atoms with Gasteiger partial charge in [0.2, 0.25) is 0 Å². The number of carbonyl (C=O) groups is 1. The zero-order valence-electron chi connectivity index (χ0n) is 17.5. The van der Waals surface area contributed by atoms with E-state index >= 15 is 0 Å². The molecule has 0 atom stereocenters. The maximum atomic E-state index is 12.3. The lowest BCUT2D eigenvalue weighted by Crippen LogP contribution is -3.28. The quantitative estimate of drug-likeness (QED) is 0.333. The SMILES string of the molecule is C/C(=N\NC(=O)C[NH+]1CC[NH+](Cc2ccc(C)cc2)CC1)c1ccc([N+](=O)[O-])cc1. The number of quaternary nitrogens is 2. The second kappa shape index (κ2) is 10.1. The van der Waals surface area contributed by atoms with Crippen molar-refractivity contribution in [3.8, 4) is 0 Å². The van der Waals surface area contributed by atoms with E-state index in [9.17, 15) is 14.9 Å². The van der Waals surface area contributed by atoms with Gasteiger partial charge in [0.1, 0.15) is 32.7 Å². The number of nitrogens with one attached hydrogen (secondary N) is 3. The van der Waals surface area contributed by atoms with Gasteiger partial charge in [-0.05, 0) is 31.5 Å². The van der Waals surface area contributed by atoms with Crippen molar-refractivity contribution in [3.63, 3.8) is 0 Å². The number of hydrazone groups is 1. The van der Waals surface area contributed by atoms with Crippen LogP contribution in [0, 0.1) is 17.0 Å². The summed E-state index contributed by atoms with van der Waals surface area (Å²) in [6, 6.07) is 14.8. The predicted molar refractivity (Wildman–Crippen MR) is 115 cm³/mol. The van der Waals surface area contributed by atoms with Crippen LogP contribution in [0.1, 0.15) is 23.6 Å². The van der Waals surface area contributed by atoms with Crippen LogP contribution in [-0.2, 0) is 11.3 Å². The van der Waals surface area contributed by atoms with Crippen molar-refractivity contribution in [2.75, 3.05) is 32.7 Å². The van der Waals surface area contributed by atoms with Gasteiger partial charge in [-0.1, -0.05) is 29.8 Å². The fraction of sp³-hybridized carbons (Fsp3) is 0.364. The van der Waals surface area contributed by atoms with Crippen LogP contribution >= 0.6 is 0 Å². The van der Waals surface area contributed by atoms with Crippen LogP contribution in [-0.4, -0.2) is 49.3 Å². The van der Waals surface area contributed by atoms with E-state index in [-0.39, 0.29) is 11.6 Å². The molecule has 0 aromatic heterocycles. The molecule has 0 unspecified atom stereocenters. The zero-order chi connectivity index (χ0) is 21.5. The number of non-ortho nitro benzene ring substituents is 1. The van der Waals surface area contributed by atoms with Crippen LogP contribution in [0.15, 0.2) is 53.6 Å². The van der Waals surface area contributed by atoms with E-state index in [0.717, 1.165) is 38.3 Å². The Morgan fingerprint density at radius 1 is 1.03 bits per heavy atom. The number of hydrogen-bond acceptors (Lipinski definition) is 4. The van der Waals surface area contributed by atoms with Gasteiger partial charge in [0, 0.05) is 17.7 Å². The second-order valence-corrected chi connectivity index (χ2v) is 7.88. The highest BCUT2D eigenvalue weighted by Gasteiger charge is 2.24. The summed E-state index contributed by atoms with van der Waals surface area (Å²) in [7, 11) is 0. The smallest absolute Gasteiger partial charge is 0.295 e. The van der Waals surface area contributed by atoms with Gasteiger partial charge in [0.05, 0.1) is 10.6 Å². The first-order valence-electron chi connectivity index (χ1n) is 10.2. The Labute approximate surface area is 176 Å². The van der Waals surface area contributed by atoms with Gasteiger partial charge in [0.15, 0.2) is 6.54 Å². The number of hydrogen-bond donors (Lipinski definition) is 3. The molecule has 8 nitrogen and oxygen atoms in total. The number of nitro benzene ring substituents is 1. The summed E-state index contributed by atoms with van der Waals surface area (Å²) in [5.74, 6) is -0.117. The van der Waals surface area contributed by atoms with Crippen molar-refractivity contribution in [3.05, 3.63) is 75.3 Å². The van der Waals surface area contributed by atoms with Gasteiger partial charge in [0.25, 0.3) is 11.6 Å². The molecule has 0 spiro atoms. The Kier molecular flexibility index (Phi) is 7.26. The minimum absolute atomic E-state index is 0.0304. The molecule has 8 heteroatoms. The standard InChI is InChI=1S/C22H27N5O3/c1-17-3-5-19(6-4-17)15-25-11-13-26(14-12-25)16-22(28)24-23-18(2)20-7-9-21(10-8-20)27(29)30/h3-10H,11-16H2,1-2H3,(H,24,28)/p+2/b23-18+. The minimum atomic E-state index is -0.441. The molecule has 1 aliphatic heterocycles. The van der Waals surface area contributed by atoms with Crippen molar-refractivity contribution in [2.45, 2.75) is 20.4 Å². The van der Waals surface area contributed by atoms with Gasteiger partial charge in [-0.3, -0.25) is 14.9 Å². The predicted octanol–water partition coefficient (Wildman–Crippen LogP) is -0.273. The maximum absolute atomic E-state index is 12.3. The summed E-state index contributed by atoms with van der Waals surface area (Å²) < 4.78 is 0. The van der Waals surface area contributed by atoms with Crippen molar-refractivity contribution in [1.29, 1.82) is 0 Å². The van der Waals surface area contributed by atoms with E-state index in [1.165, 1.54) is 28.2 Å². The number of amides is 1. The van der Waals surface area contributed by atoms with Crippen molar-refractivity contribution >= 4 is 17.3 Å². The average Bonchev–Trinajstić information content (AvgIpc) is 2.75. The van der Waals surface area contributed by atoms with Crippen LogP contribution in [0.4, 0.5) is 5.69 Å².